The first kappa shape index (κ1) is 20.8. The molecule has 1 aromatic heterocycles. The number of halogens is 2. The first-order valence-electron chi connectivity index (χ1n) is 10.3. The average molecular weight is 464 g/mol. The number of hydrogen-bond acceptors (Lipinski definition) is 3. The van der Waals surface area contributed by atoms with Crippen LogP contribution in [0, 0.1) is 6.92 Å². The second-order valence-electron chi connectivity index (χ2n) is 7.98. The fourth-order valence-electron chi connectivity index (χ4n) is 4.29. The van der Waals surface area contributed by atoms with Crippen LogP contribution in [0.1, 0.15) is 38.9 Å². The zero-order chi connectivity index (χ0) is 22.4. The Labute approximate surface area is 195 Å². The van der Waals surface area contributed by atoms with E-state index in [4.69, 9.17) is 27.6 Å². The van der Waals surface area contributed by atoms with Crippen LogP contribution in [-0.4, -0.2) is 17.4 Å². The molecular formula is C26H19Cl2NO3. The number of carbonyl (C=O) groups excluding carboxylic acids is 1. The molecule has 160 valence electrons. The first-order valence-corrected chi connectivity index (χ1v) is 11.1. The van der Waals surface area contributed by atoms with Gasteiger partial charge in [-0.2, -0.15) is 0 Å². The SMILES string of the molecule is Cc1ccc2oc3c(c(=O)c2c1)C(c1ccc(Cl)c(Cl)c1)N(CCc1ccccc1)C3=O. The van der Waals surface area contributed by atoms with Crippen LogP contribution in [0.25, 0.3) is 11.0 Å². The van der Waals surface area contributed by atoms with Gasteiger partial charge in [0.2, 0.25) is 5.76 Å². The van der Waals surface area contributed by atoms with Gasteiger partial charge in [-0.25, -0.2) is 0 Å². The number of benzene rings is 3. The molecule has 0 saturated heterocycles. The van der Waals surface area contributed by atoms with E-state index in [9.17, 15) is 9.59 Å². The Morgan fingerprint density at radius 1 is 0.938 bits per heavy atom. The van der Waals surface area contributed by atoms with Gasteiger partial charge in [-0.1, -0.05) is 71.2 Å². The van der Waals surface area contributed by atoms with Gasteiger partial charge < -0.3 is 9.32 Å². The van der Waals surface area contributed by atoms with Crippen molar-refractivity contribution in [2.75, 3.05) is 6.54 Å². The highest BCUT2D eigenvalue weighted by atomic mass is 35.5. The molecule has 1 aliphatic rings. The van der Waals surface area contributed by atoms with Crippen LogP contribution in [0.15, 0.2) is 75.9 Å². The number of nitrogens with zero attached hydrogens (tertiary/aromatic N) is 1. The summed E-state index contributed by atoms with van der Waals surface area (Å²) in [7, 11) is 0. The molecule has 0 fully saturated rings. The molecule has 1 unspecified atom stereocenters. The van der Waals surface area contributed by atoms with Crippen molar-refractivity contribution in [1.82, 2.24) is 4.90 Å². The van der Waals surface area contributed by atoms with Crippen LogP contribution in [0.3, 0.4) is 0 Å². The second kappa shape index (κ2) is 8.12. The Bertz CT molecular complexity index is 1410. The lowest BCUT2D eigenvalue weighted by Gasteiger charge is -2.25. The van der Waals surface area contributed by atoms with Crippen LogP contribution in [0.2, 0.25) is 10.0 Å². The molecule has 0 saturated carbocycles. The van der Waals surface area contributed by atoms with E-state index in [-0.39, 0.29) is 17.1 Å². The molecule has 0 spiro atoms. The third-order valence-corrected chi connectivity index (χ3v) is 6.60. The Balaban J connectivity index is 1.67. The van der Waals surface area contributed by atoms with Crippen molar-refractivity contribution in [2.24, 2.45) is 0 Å². The van der Waals surface area contributed by atoms with Crippen molar-refractivity contribution >= 4 is 40.1 Å². The zero-order valence-corrected chi connectivity index (χ0v) is 18.8. The smallest absolute Gasteiger partial charge is 0.290 e. The van der Waals surface area contributed by atoms with Gasteiger partial charge in [0.15, 0.2) is 5.43 Å². The van der Waals surface area contributed by atoms with Gasteiger partial charge in [-0.3, -0.25) is 9.59 Å². The van der Waals surface area contributed by atoms with E-state index in [1.165, 1.54) is 0 Å². The maximum Gasteiger partial charge on any atom is 0.290 e. The number of carbonyl (C=O) groups is 1. The summed E-state index contributed by atoms with van der Waals surface area (Å²) in [5.41, 5.74) is 3.32. The van der Waals surface area contributed by atoms with E-state index >= 15 is 0 Å². The van der Waals surface area contributed by atoms with Gasteiger partial charge in [-0.05, 0) is 48.7 Å². The number of rotatable bonds is 4. The average Bonchev–Trinajstić information content (AvgIpc) is 3.07. The molecule has 4 aromatic rings. The van der Waals surface area contributed by atoms with Crippen molar-refractivity contribution in [2.45, 2.75) is 19.4 Å². The van der Waals surface area contributed by atoms with E-state index in [1.54, 1.807) is 35.2 Å². The molecule has 0 radical (unpaired) electrons. The van der Waals surface area contributed by atoms with Gasteiger partial charge in [0.1, 0.15) is 5.58 Å². The van der Waals surface area contributed by atoms with Gasteiger partial charge in [-0.15, -0.1) is 0 Å². The standard InChI is InChI=1S/C26H19Cl2NO3/c1-15-7-10-21-18(13-15)24(30)22-23(17-8-9-19(27)20(28)14-17)29(26(31)25(22)32-21)12-11-16-5-3-2-4-6-16/h2-10,13-14,23H,11-12H2,1H3. The summed E-state index contributed by atoms with van der Waals surface area (Å²) in [5.74, 6) is -0.206. The molecule has 3 aromatic carbocycles. The normalized spacial score (nSPS) is 15.4. The fourth-order valence-corrected chi connectivity index (χ4v) is 4.59. The zero-order valence-electron chi connectivity index (χ0n) is 17.3. The Kier molecular flexibility index (Phi) is 5.28. The van der Waals surface area contributed by atoms with Crippen LogP contribution >= 0.6 is 23.2 Å². The highest BCUT2D eigenvalue weighted by Crippen LogP contribution is 2.39. The summed E-state index contributed by atoms with van der Waals surface area (Å²) in [5, 5.41) is 1.25. The summed E-state index contributed by atoms with van der Waals surface area (Å²) in [6.45, 7) is 2.34. The largest absolute Gasteiger partial charge is 0.450 e. The van der Waals surface area contributed by atoms with E-state index in [2.05, 4.69) is 0 Å². The lowest BCUT2D eigenvalue weighted by atomic mass is 9.98. The van der Waals surface area contributed by atoms with Crippen molar-refractivity contribution in [3.8, 4) is 0 Å². The predicted octanol–water partition coefficient (Wildman–Crippen LogP) is 6.20. The van der Waals surface area contributed by atoms with Gasteiger partial charge in [0.05, 0.1) is 27.0 Å². The molecule has 6 heteroatoms. The third-order valence-electron chi connectivity index (χ3n) is 5.86. The van der Waals surface area contributed by atoms with Gasteiger partial charge >= 0.3 is 0 Å². The monoisotopic (exact) mass is 463 g/mol. The maximum absolute atomic E-state index is 13.6. The molecule has 0 aliphatic carbocycles. The van der Waals surface area contributed by atoms with Crippen molar-refractivity contribution in [3.05, 3.63) is 115 Å². The Morgan fingerprint density at radius 3 is 2.47 bits per heavy atom. The molecule has 32 heavy (non-hydrogen) atoms. The van der Waals surface area contributed by atoms with E-state index in [1.807, 2.05) is 43.3 Å². The molecule has 5 rings (SSSR count). The molecule has 1 aliphatic heterocycles. The minimum absolute atomic E-state index is 0.0930. The molecule has 0 bridgehead atoms. The van der Waals surface area contributed by atoms with E-state index in [0.29, 0.717) is 39.5 Å². The van der Waals surface area contributed by atoms with Crippen LogP contribution in [-0.2, 0) is 6.42 Å². The van der Waals surface area contributed by atoms with E-state index in [0.717, 1.165) is 16.7 Å². The maximum atomic E-state index is 13.6. The van der Waals surface area contributed by atoms with E-state index < -0.39 is 6.04 Å². The molecule has 0 N–H and O–H groups in total. The number of aryl methyl sites for hydroxylation is 1. The van der Waals surface area contributed by atoms with Crippen LogP contribution in [0.4, 0.5) is 0 Å². The summed E-state index contributed by atoms with van der Waals surface area (Å²) in [4.78, 5) is 28.7. The highest BCUT2D eigenvalue weighted by molar-refractivity contribution is 6.42. The van der Waals surface area contributed by atoms with Crippen molar-refractivity contribution in [3.63, 3.8) is 0 Å². The van der Waals surface area contributed by atoms with Crippen molar-refractivity contribution in [1.29, 1.82) is 0 Å². The summed E-state index contributed by atoms with van der Waals surface area (Å²) >= 11 is 12.4. The summed E-state index contributed by atoms with van der Waals surface area (Å²) < 4.78 is 5.99. The highest BCUT2D eigenvalue weighted by Gasteiger charge is 2.42. The lowest BCUT2D eigenvalue weighted by Crippen LogP contribution is -2.31. The minimum Gasteiger partial charge on any atom is -0.450 e. The third kappa shape index (κ3) is 3.50. The van der Waals surface area contributed by atoms with Crippen molar-refractivity contribution < 1.29 is 9.21 Å². The molecule has 4 nitrogen and oxygen atoms in total. The second-order valence-corrected chi connectivity index (χ2v) is 8.80. The number of amides is 1. The molecule has 1 amide bonds. The summed E-state index contributed by atoms with van der Waals surface area (Å²) in [6.07, 6.45) is 0.644. The Morgan fingerprint density at radius 2 is 1.72 bits per heavy atom. The Hall–Kier alpha value is -3.08. The van der Waals surface area contributed by atoms with Crippen LogP contribution in [0.5, 0.6) is 0 Å². The lowest BCUT2D eigenvalue weighted by molar-refractivity contribution is 0.0730. The number of fused-ring (bicyclic) bond motifs is 2. The molecule has 1 atom stereocenters. The first-order chi connectivity index (χ1) is 15.4. The van der Waals surface area contributed by atoms with Crippen LogP contribution < -0.4 is 5.43 Å². The number of hydrogen-bond donors (Lipinski definition) is 0. The predicted molar refractivity (Wildman–Crippen MR) is 127 cm³/mol. The summed E-state index contributed by atoms with van der Waals surface area (Å²) in [6, 6.07) is 19.9. The molecule has 2 heterocycles. The quantitative estimate of drug-likeness (QED) is 0.362. The minimum atomic E-state index is -0.600. The van der Waals surface area contributed by atoms with Gasteiger partial charge in [0.25, 0.3) is 5.91 Å². The van der Waals surface area contributed by atoms with Gasteiger partial charge in [0, 0.05) is 6.54 Å². The topological polar surface area (TPSA) is 50.5 Å². The fraction of sp³-hybridized carbons (Fsp3) is 0.154. The molecular weight excluding hydrogens is 445 g/mol.